The largest absolute Gasteiger partial charge is 0.308 e. The summed E-state index contributed by atoms with van der Waals surface area (Å²) in [7, 11) is 0. The molecule has 0 amide bonds. The van der Waals surface area contributed by atoms with Crippen molar-refractivity contribution >= 4 is 16.7 Å². The highest BCUT2D eigenvalue weighted by atomic mass is 19.1. The minimum absolute atomic E-state index is 0.109. The first-order valence-electron chi connectivity index (χ1n) is 5.91. The van der Waals surface area contributed by atoms with Gasteiger partial charge in [-0.2, -0.15) is 0 Å². The first-order valence-corrected chi connectivity index (χ1v) is 5.91. The Morgan fingerprint density at radius 3 is 2.50 bits per heavy atom. The molecule has 0 spiro atoms. The molecular formula is C14H18FN3. The number of hydrogen-bond acceptors (Lipinski definition) is 3. The normalized spacial score (nSPS) is 11.9. The lowest BCUT2D eigenvalue weighted by molar-refractivity contribution is 0.589. The highest BCUT2D eigenvalue weighted by Crippen LogP contribution is 2.32. The molecule has 0 fully saturated rings. The number of aryl methyl sites for hydroxylation is 1. The Morgan fingerprint density at radius 2 is 1.94 bits per heavy atom. The molecule has 1 heterocycles. The molecule has 0 bridgehead atoms. The van der Waals surface area contributed by atoms with Crippen molar-refractivity contribution in [2.24, 2.45) is 5.84 Å². The standard InChI is InChI=1S/C14H18FN3/c1-8-5-6-11(15)12-9(8)7-10(14(2,3)4)13(17-12)18-16/h5-7H,16H2,1-4H3,(H,17,18). The molecule has 3 N–H and O–H groups in total. The molecule has 3 nitrogen and oxygen atoms in total. The number of halogens is 1. The Balaban J connectivity index is 2.86. The predicted octanol–water partition coefficient (Wildman–Crippen LogP) is 3.27. The van der Waals surface area contributed by atoms with E-state index in [2.05, 4.69) is 31.2 Å². The number of hydrogen-bond donors (Lipinski definition) is 2. The van der Waals surface area contributed by atoms with E-state index in [1.54, 1.807) is 6.07 Å². The number of nitrogens with one attached hydrogen (secondary N) is 1. The van der Waals surface area contributed by atoms with Gasteiger partial charge in [-0.15, -0.1) is 0 Å². The molecule has 0 aliphatic rings. The van der Waals surface area contributed by atoms with Crippen molar-refractivity contribution in [2.45, 2.75) is 33.1 Å². The van der Waals surface area contributed by atoms with Crippen LogP contribution in [0.5, 0.6) is 0 Å². The van der Waals surface area contributed by atoms with E-state index in [4.69, 9.17) is 5.84 Å². The van der Waals surface area contributed by atoms with Gasteiger partial charge < -0.3 is 5.43 Å². The first-order chi connectivity index (χ1) is 8.34. The zero-order chi connectivity index (χ0) is 13.5. The van der Waals surface area contributed by atoms with Gasteiger partial charge >= 0.3 is 0 Å². The second kappa shape index (κ2) is 4.21. The van der Waals surface area contributed by atoms with Crippen molar-refractivity contribution in [3.63, 3.8) is 0 Å². The van der Waals surface area contributed by atoms with E-state index >= 15 is 0 Å². The number of hydrazine groups is 1. The second-order valence-electron chi connectivity index (χ2n) is 5.54. The molecule has 1 aromatic carbocycles. The van der Waals surface area contributed by atoms with Crippen molar-refractivity contribution in [3.8, 4) is 0 Å². The SMILES string of the molecule is Cc1ccc(F)c2nc(NN)c(C(C)(C)C)cc12. The number of benzene rings is 1. The summed E-state index contributed by atoms with van der Waals surface area (Å²) in [5.41, 5.74) is 4.80. The smallest absolute Gasteiger partial charge is 0.149 e. The van der Waals surface area contributed by atoms with E-state index in [-0.39, 0.29) is 11.2 Å². The van der Waals surface area contributed by atoms with Crippen LogP contribution in [0.1, 0.15) is 31.9 Å². The average molecular weight is 247 g/mol. The minimum Gasteiger partial charge on any atom is -0.308 e. The van der Waals surface area contributed by atoms with Gasteiger partial charge in [-0.1, -0.05) is 26.8 Å². The van der Waals surface area contributed by atoms with E-state index in [0.717, 1.165) is 16.5 Å². The second-order valence-corrected chi connectivity index (χ2v) is 5.54. The maximum absolute atomic E-state index is 13.8. The van der Waals surface area contributed by atoms with Gasteiger partial charge in [0.25, 0.3) is 0 Å². The Morgan fingerprint density at radius 1 is 1.28 bits per heavy atom. The number of fused-ring (bicyclic) bond motifs is 1. The minimum atomic E-state index is -0.326. The first kappa shape index (κ1) is 12.8. The summed E-state index contributed by atoms with van der Waals surface area (Å²) in [6, 6.07) is 5.17. The summed E-state index contributed by atoms with van der Waals surface area (Å²) in [4.78, 5) is 4.31. The van der Waals surface area contributed by atoms with Gasteiger partial charge in [0.1, 0.15) is 17.2 Å². The summed E-state index contributed by atoms with van der Waals surface area (Å²) in [6.45, 7) is 8.17. The Hall–Kier alpha value is -1.68. The fourth-order valence-corrected chi connectivity index (χ4v) is 2.04. The van der Waals surface area contributed by atoms with Gasteiger partial charge in [0.15, 0.2) is 0 Å². The van der Waals surface area contributed by atoms with Crippen molar-refractivity contribution in [1.29, 1.82) is 0 Å². The molecule has 4 heteroatoms. The highest BCUT2D eigenvalue weighted by Gasteiger charge is 2.21. The molecule has 18 heavy (non-hydrogen) atoms. The van der Waals surface area contributed by atoms with Crippen LogP contribution in [0.15, 0.2) is 18.2 Å². The zero-order valence-corrected chi connectivity index (χ0v) is 11.1. The monoisotopic (exact) mass is 247 g/mol. The van der Waals surface area contributed by atoms with Crippen LogP contribution in [0.4, 0.5) is 10.2 Å². The third-order valence-corrected chi connectivity index (χ3v) is 3.10. The summed E-state index contributed by atoms with van der Waals surface area (Å²) in [5, 5.41) is 0.832. The Labute approximate surface area is 106 Å². The van der Waals surface area contributed by atoms with E-state index < -0.39 is 0 Å². The van der Waals surface area contributed by atoms with Crippen molar-refractivity contribution in [3.05, 3.63) is 35.1 Å². The van der Waals surface area contributed by atoms with Crippen LogP contribution in [0.2, 0.25) is 0 Å². The Bertz CT molecular complexity index is 600. The molecule has 2 aromatic rings. The maximum atomic E-state index is 13.8. The maximum Gasteiger partial charge on any atom is 0.149 e. The molecule has 0 radical (unpaired) electrons. The van der Waals surface area contributed by atoms with Crippen molar-refractivity contribution in [2.75, 3.05) is 5.43 Å². The fraction of sp³-hybridized carbons (Fsp3) is 0.357. The summed E-state index contributed by atoms with van der Waals surface area (Å²) < 4.78 is 13.8. The van der Waals surface area contributed by atoms with Gasteiger partial charge in [0.05, 0.1) is 0 Å². The van der Waals surface area contributed by atoms with Gasteiger partial charge in [0.2, 0.25) is 0 Å². The molecule has 0 saturated heterocycles. The summed E-state index contributed by atoms with van der Waals surface area (Å²) in [5.74, 6) is 5.69. The number of pyridine rings is 1. The number of rotatable bonds is 1. The van der Waals surface area contributed by atoms with Crippen LogP contribution in [0.3, 0.4) is 0 Å². The quantitative estimate of drug-likeness (QED) is 0.600. The third-order valence-electron chi connectivity index (χ3n) is 3.10. The van der Waals surface area contributed by atoms with Crippen LogP contribution < -0.4 is 11.3 Å². The lowest BCUT2D eigenvalue weighted by atomic mass is 9.86. The van der Waals surface area contributed by atoms with Crippen LogP contribution in [-0.4, -0.2) is 4.98 Å². The van der Waals surface area contributed by atoms with E-state index in [0.29, 0.717) is 11.3 Å². The molecule has 0 aliphatic carbocycles. The van der Waals surface area contributed by atoms with E-state index in [1.165, 1.54) is 6.07 Å². The molecule has 1 aromatic heterocycles. The predicted molar refractivity (Wildman–Crippen MR) is 72.9 cm³/mol. The summed E-state index contributed by atoms with van der Waals surface area (Å²) >= 11 is 0. The van der Waals surface area contributed by atoms with Crippen LogP contribution in [0.25, 0.3) is 10.9 Å². The third kappa shape index (κ3) is 2.04. The lowest BCUT2D eigenvalue weighted by Gasteiger charge is -2.22. The molecule has 0 atom stereocenters. The van der Waals surface area contributed by atoms with Gasteiger partial charge in [-0.05, 0) is 30.0 Å². The topological polar surface area (TPSA) is 50.9 Å². The zero-order valence-electron chi connectivity index (χ0n) is 11.1. The number of anilines is 1. The van der Waals surface area contributed by atoms with Crippen LogP contribution in [-0.2, 0) is 5.41 Å². The van der Waals surface area contributed by atoms with Crippen molar-refractivity contribution in [1.82, 2.24) is 4.98 Å². The number of nitrogen functional groups attached to an aromatic ring is 1. The van der Waals surface area contributed by atoms with Crippen LogP contribution in [0, 0.1) is 12.7 Å². The summed E-state index contributed by atoms with van der Waals surface area (Å²) in [6.07, 6.45) is 0. The lowest BCUT2D eigenvalue weighted by Crippen LogP contribution is -2.19. The molecule has 0 saturated carbocycles. The van der Waals surface area contributed by atoms with Gasteiger partial charge in [-0.3, -0.25) is 0 Å². The molecule has 0 aliphatic heterocycles. The van der Waals surface area contributed by atoms with Gasteiger partial charge in [-0.25, -0.2) is 15.2 Å². The van der Waals surface area contributed by atoms with Crippen molar-refractivity contribution < 1.29 is 4.39 Å². The number of nitrogens with zero attached hydrogens (tertiary/aromatic N) is 1. The van der Waals surface area contributed by atoms with Gasteiger partial charge in [0, 0.05) is 10.9 Å². The molecule has 0 unspecified atom stereocenters. The molecule has 2 rings (SSSR count). The van der Waals surface area contributed by atoms with Crippen LogP contribution >= 0.6 is 0 Å². The average Bonchev–Trinajstić information content (AvgIpc) is 2.31. The fourth-order valence-electron chi connectivity index (χ4n) is 2.04. The number of aromatic nitrogens is 1. The van der Waals surface area contributed by atoms with E-state index in [9.17, 15) is 4.39 Å². The Kier molecular flexibility index (Phi) is 2.99. The van der Waals surface area contributed by atoms with E-state index in [1.807, 2.05) is 13.0 Å². The number of nitrogens with two attached hydrogens (primary N) is 1. The molecular weight excluding hydrogens is 229 g/mol. The molecule has 96 valence electrons. The highest BCUT2D eigenvalue weighted by molar-refractivity contribution is 5.85.